The Balaban J connectivity index is 1.57. The van der Waals surface area contributed by atoms with Gasteiger partial charge in [0.05, 0.1) is 29.1 Å². The molecule has 0 saturated carbocycles. The third kappa shape index (κ3) is 4.38. The Morgan fingerprint density at radius 2 is 1.72 bits per heavy atom. The van der Waals surface area contributed by atoms with Crippen molar-refractivity contribution in [1.29, 1.82) is 0 Å². The number of carbonyl (C=O) groups is 1. The number of amides is 1. The molecule has 0 atom stereocenters. The van der Waals surface area contributed by atoms with Crippen LogP contribution in [0.2, 0.25) is 0 Å². The van der Waals surface area contributed by atoms with Crippen LogP contribution >= 0.6 is 0 Å². The summed E-state index contributed by atoms with van der Waals surface area (Å²) in [6.07, 6.45) is 0. The number of benzene rings is 2. The summed E-state index contributed by atoms with van der Waals surface area (Å²) in [7, 11) is -3.78. The number of sulfonamides is 1. The van der Waals surface area contributed by atoms with Gasteiger partial charge in [0.15, 0.2) is 11.5 Å². The Bertz CT molecular complexity index is 1150. The van der Waals surface area contributed by atoms with Crippen LogP contribution in [0.5, 0.6) is 11.5 Å². The van der Waals surface area contributed by atoms with Gasteiger partial charge in [-0.2, -0.15) is 4.31 Å². The van der Waals surface area contributed by atoms with Crippen molar-refractivity contribution in [2.24, 2.45) is 0 Å². The van der Waals surface area contributed by atoms with E-state index >= 15 is 0 Å². The summed E-state index contributed by atoms with van der Waals surface area (Å²) >= 11 is 0. The quantitative estimate of drug-likeness (QED) is 0.500. The van der Waals surface area contributed by atoms with Gasteiger partial charge in [-0.05, 0) is 11.6 Å². The zero-order chi connectivity index (χ0) is 22.7. The van der Waals surface area contributed by atoms with Crippen molar-refractivity contribution in [1.82, 2.24) is 9.62 Å². The number of hydrogen-bond donors (Lipinski definition) is 1. The Morgan fingerprint density at radius 1 is 1.06 bits per heavy atom. The van der Waals surface area contributed by atoms with Crippen molar-refractivity contribution < 1.29 is 32.3 Å². The van der Waals surface area contributed by atoms with Crippen LogP contribution in [0.4, 0.5) is 5.69 Å². The molecule has 4 rings (SSSR count). The molecule has 2 aromatic carbocycles. The molecule has 11 nitrogen and oxygen atoms in total. The van der Waals surface area contributed by atoms with Crippen LogP contribution in [-0.2, 0) is 21.3 Å². The normalized spacial score (nSPS) is 16.4. The number of hydrogen-bond acceptors (Lipinski definition) is 8. The Kier molecular flexibility index (Phi) is 6.26. The largest absolute Gasteiger partial charge is 0.486 e. The number of nitro benzene ring substituents is 1. The fourth-order valence-corrected chi connectivity index (χ4v) is 5.14. The van der Waals surface area contributed by atoms with Gasteiger partial charge in [-0.15, -0.1) is 0 Å². The minimum atomic E-state index is -3.78. The molecule has 32 heavy (non-hydrogen) atoms. The number of nitrogens with zero attached hydrogens (tertiary/aromatic N) is 2. The zero-order valence-corrected chi connectivity index (χ0v) is 17.8. The molecule has 0 aliphatic carbocycles. The minimum absolute atomic E-state index is 0.0684. The molecule has 0 unspecified atom stereocenters. The highest BCUT2D eigenvalue weighted by Gasteiger charge is 2.29. The number of rotatable bonds is 6. The Labute approximate surface area is 184 Å². The minimum Gasteiger partial charge on any atom is -0.486 e. The first kappa shape index (κ1) is 22.0. The summed E-state index contributed by atoms with van der Waals surface area (Å²) in [5.41, 5.74) is -0.263. The predicted molar refractivity (Wildman–Crippen MR) is 111 cm³/mol. The van der Waals surface area contributed by atoms with Crippen molar-refractivity contribution >= 4 is 21.6 Å². The average molecular weight is 463 g/mol. The van der Waals surface area contributed by atoms with Gasteiger partial charge in [0.25, 0.3) is 11.6 Å². The smallest absolute Gasteiger partial charge is 0.286 e. The number of carbonyl (C=O) groups excluding carboxylic acids is 1. The van der Waals surface area contributed by atoms with E-state index in [2.05, 4.69) is 5.32 Å². The Morgan fingerprint density at radius 3 is 2.41 bits per heavy atom. The highest BCUT2D eigenvalue weighted by Crippen LogP contribution is 2.36. The van der Waals surface area contributed by atoms with Crippen molar-refractivity contribution in [2.45, 2.75) is 11.4 Å². The molecule has 1 fully saturated rings. The summed E-state index contributed by atoms with van der Waals surface area (Å²) in [5.74, 6) is -0.295. The van der Waals surface area contributed by atoms with Gasteiger partial charge in [-0.1, -0.05) is 18.2 Å². The van der Waals surface area contributed by atoms with Crippen molar-refractivity contribution in [3.8, 4) is 11.5 Å². The van der Waals surface area contributed by atoms with Crippen molar-refractivity contribution in [3.05, 3.63) is 57.6 Å². The Hall–Kier alpha value is -3.22. The number of morpholine rings is 1. The monoisotopic (exact) mass is 463 g/mol. The molecule has 1 amide bonds. The van der Waals surface area contributed by atoms with Crippen LogP contribution in [0.25, 0.3) is 0 Å². The summed E-state index contributed by atoms with van der Waals surface area (Å²) in [6.45, 7) is 1.49. The van der Waals surface area contributed by atoms with Gasteiger partial charge in [0, 0.05) is 25.7 Å². The maximum atomic E-state index is 13.1. The molecule has 170 valence electrons. The highest BCUT2D eigenvalue weighted by molar-refractivity contribution is 7.89. The summed E-state index contributed by atoms with van der Waals surface area (Å²) < 4.78 is 43.5. The number of fused-ring (bicyclic) bond motifs is 1. The third-order valence-corrected chi connectivity index (χ3v) is 7.10. The number of nitro groups is 1. The van der Waals surface area contributed by atoms with E-state index in [1.807, 2.05) is 0 Å². The van der Waals surface area contributed by atoms with Gasteiger partial charge in [0.1, 0.15) is 18.8 Å². The lowest BCUT2D eigenvalue weighted by Crippen LogP contribution is -2.41. The van der Waals surface area contributed by atoms with Crippen LogP contribution in [0.3, 0.4) is 0 Å². The molecule has 0 spiro atoms. The van der Waals surface area contributed by atoms with Gasteiger partial charge in [0.2, 0.25) is 10.0 Å². The molecule has 0 bridgehead atoms. The molecular weight excluding hydrogens is 442 g/mol. The van der Waals surface area contributed by atoms with Crippen LogP contribution in [-0.4, -0.2) is 63.1 Å². The molecular formula is C20H21N3O8S. The van der Waals surface area contributed by atoms with Gasteiger partial charge in [-0.3, -0.25) is 14.9 Å². The lowest BCUT2D eigenvalue weighted by Gasteiger charge is -2.27. The SMILES string of the molecule is O=C(NCc1ccccc1S(=O)(=O)N1CCOCC1)c1cc2c(cc1[N+](=O)[O-])OCCO2. The van der Waals surface area contributed by atoms with Crippen LogP contribution in [0.1, 0.15) is 15.9 Å². The van der Waals surface area contributed by atoms with E-state index in [4.69, 9.17) is 14.2 Å². The van der Waals surface area contributed by atoms with Gasteiger partial charge < -0.3 is 19.5 Å². The molecule has 0 aromatic heterocycles. The summed E-state index contributed by atoms with van der Waals surface area (Å²) in [5, 5.41) is 14.1. The maximum absolute atomic E-state index is 13.1. The van der Waals surface area contributed by atoms with Crippen LogP contribution < -0.4 is 14.8 Å². The fraction of sp³-hybridized carbons (Fsp3) is 0.350. The molecule has 1 saturated heterocycles. The number of ether oxygens (including phenoxy) is 3. The fourth-order valence-electron chi connectivity index (χ4n) is 3.51. The van der Waals surface area contributed by atoms with E-state index in [0.717, 1.165) is 6.07 Å². The van der Waals surface area contributed by atoms with E-state index in [0.29, 0.717) is 18.8 Å². The lowest BCUT2D eigenvalue weighted by molar-refractivity contribution is -0.385. The summed E-state index contributed by atoms with van der Waals surface area (Å²) in [4.78, 5) is 23.7. The second-order valence-corrected chi connectivity index (χ2v) is 8.98. The summed E-state index contributed by atoms with van der Waals surface area (Å²) in [6, 6.07) is 8.74. The molecule has 2 heterocycles. The first-order valence-corrected chi connectivity index (χ1v) is 11.3. The molecule has 12 heteroatoms. The lowest BCUT2D eigenvalue weighted by atomic mass is 10.1. The highest BCUT2D eigenvalue weighted by atomic mass is 32.2. The van der Waals surface area contributed by atoms with E-state index in [1.165, 1.54) is 16.4 Å². The van der Waals surface area contributed by atoms with Gasteiger partial charge >= 0.3 is 0 Å². The molecule has 2 aliphatic rings. The van der Waals surface area contributed by atoms with E-state index in [9.17, 15) is 23.3 Å². The second kappa shape index (κ2) is 9.10. The first-order chi connectivity index (χ1) is 15.4. The van der Waals surface area contributed by atoms with Crippen LogP contribution in [0.15, 0.2) is 41.3 Å². The van der Waals surface area contributed by atoms with Crippen molar-refractivity contribution in [3.63, 3.8) is 0 Å². The standard InChI is InChI=1S/C20H21N3O8S/c24-20(15-11-17-18(31-10-9-30-17)12-16(15)23(25)26)21-13-14-3-1-2-4-19(14)32(27,28)22-5-7-29-8-6-22/h1-4,11-12H,5-10,13H2,(H,21,24). The van der Waals surface area contributed by atoms with Crippen LogP contribution in [0, 0.1) is 10.1 Å². The van der Waals surface area contributed by atoms with Crippen molar-refractivity contribution in [2.75, 3.05) is 39.5 Å². The third-order valence-electron chi connectivity index (χ3n) is 5.10. The molecule has 1 N–H and O–H groups in total. The zero-order valence-electron chi connectivity index (χ0n) is 17.0. The molecule has 2 aliphatic heterocycles. The molecule has 2 aromatic rings. The van der Waals surface area contributed by atoms with E-state index in [1.54, 1.807) is 18.2 Å². The molecule has 0 radical (unpaired) electrons. The number of nitrogens with one attached hydrogen (secondary N) is 1. The first-order valence-electron chi connectivity index (χ1n) is 9.90. The topological polar surface area (TPSA) is 137 Å². The second-order valence-electron chi connectivity index (χ2n) is 7.08. The predicted octanol–water partition coefficient (Wildman–Crippen LogP) is 1.32. The van der Waals surface area contributed by atoms with E-state index in [-0.39, 0.29) is 54.8 Å². The maximum Gasteiger partial charge on any atom is 0.286 e. The average Bonchev–Trinajstić information content (AvgIpc) is 2.82. The van der Waals surface area contributed by atoms with E-state index < -0.39 is 26.5 Å². The van der Waals surface area contributed by atoms with Gasteiger partial charge in [-0.25, -0.2) is 8.42 Å².